The lowest BCUT2D eigenvalue weighted by Crippen LogP contribution is -2.68. The van der Waals surface area contributed by atoms with Gasteiger partial charge in [-0.15, -0.1) is 0 Å². The molecule has 0 radical (unpaired) electrons. The number of aliphatic hydroxyl groups is 1. The maximum Gasteiger partial charge on any atom is 0.223 e. The summed E-state index contributed by atoms with van der Waals surface area (Å²) in [5.41, 5.74) is 1.49. The SMILES string of the molecule is CC(=O)N1C=C(C2C3CC(CN4CCC(O)CC34)C3CCCCN32)CCC1. The minimum Gasteiger partial charge on any atom is -0.393 e. The van der Waals surface area contributed by atoms with E-state index in [9.17, 15) is 9.90 Å². The third kappa shape index (κ3) is 3.16. The van der Waals surface area contributed by atoms with Gasteiger partial charge in [0.05, 0.1) is 6.10 Å². The number of hydrogen-bond donors (Lipinski definition) is 1. The Morgan fingerprint density at radius 3 is 2.81 bits per heavy atom. The van der Waals surface area contributed by atoms with Gasteiger partial charge in [0.2, 0.25) is 5.91 Å². The first-order chi connectivity index (χ1) is 13.1. The third-order valence-electron chi connectivity index (χ3n) is 8.14. The van der Waals surface area contributed by atoms with Gasteiger partial charge in [-0.05, 0) is 68.9 Å². The Kier molecular flexibility index (Phi) is 4.81. The molecule has 5 heteroatoms. The highest BCUT2D eigenvalue weighted by atomic mass is 16.3. The molecule has 4 saturated heterocycles. The molecule has 0 spiro atoms. The molecular weight excluding hydrogens is 338 g/mol. The van der Waals surface area contributed by atoms with E-state index in [-0.39, 0.29) is 12.0 Å². The van der Waals surface area contributed by atoms with Gasteiger partial charge in [0.15, 0.2) is 0 Å². The number of amides is 1. The maximum absolute atomic E-state index is 12.0. The van der Waals surface area contributed by atoms with Gasteiger partial charge in [-0.2, -0.15) is 0 Å². The predicted octanol–water partition coefficient (Wildman–Crippen LogP) is 2.21. The summed E-state index contributed by atoms with van der Waals surface area (Å²) in [6.45, 7) is 6.09. The molecule has 5 nitrogen and oxygen atoms in total. The van der Waals surface area contributed by atoms with Gasteiger partial charge in [-0.3, -0.25) is 14.6 Å². The molecule has 0 aromatic carbocycles. The molecule has 4 fully saturated rings. The number of rotatable bonds is 1. The molecule has 5 heterocycles. The van der Waals surface area contributed by atoms with E-state index in [1.165, 1.54) is 44.3 Å². The summed E-state index contributed by atoms with van der Waals surface area (Å²) in [5, 5.41) is 10.4. The number of hydrogen-bond acceptors (Lipinski definition) is 4. The van der Waals surface area contributed by atoms with Crippen molar-refractivity contribution in [2.24, 2.45) is 11.8 Å². The van der Waals surface area contributed by atoms with Crippen molar-refractivity contribution < 1.29 is 9.90 Å². The summed E-state index contributed by atoms with van der Waals surface area (Å²) in [7, 11) is 0. The molecule has 6 atom stereocenters. The normalized spacial score (nSPS) is 42.9. The van der Waals surface area contributed by atoms with Crippen LogP contribution in [0, 0.1) is 11.8 Å². The van der Waals surface area contributed by atoms with Crippen LogP contribution in [0.3, 0.4) is 0 Å². The number of aliphatic hydroxyl groups excluding tert-OH is 1. The van der Waals surface area contributed by atoms with Gasteiger partial charge in [0.1, 0.15) is 0 Å². The Bertz CT molecular complexity index is 621. The van der Waals surface area contributed by atoms with Crippen molar-refractivity contribution in [1.82, 2.24) is 14.7 Å². The molecule has 1 N–H and O–H groups in total. The second-order valence-corrected chi connectivity index (χ2v) is 9.67. The van der Waals surface area contributed by atoms with E-state index in [1.807, 2.05) is 4.90 Å². The van der Waals surface area contributed by atoms with Gasteiger partial charge in [0.25, 0.3) is 0 Å². The Morgan fingerprint density at radius 2 is 1.96 bits per heavy atom. The molecule has 27 heavy (non-hydrogen) atoms. The van der Waals surface area contributed by atoms with Crippen molar-refractivity contribution in [2.45, 2.75) is 82.5 Å². The quantitative estimate of drug-likeness (QED) is 0.766. The summed E-state index contributed by atoms with van der Waals surface area (Å²) in [5.74, 6) is 1.59. The zero-order valence-electron chi connectivity index (χ0n) is 16.7. The Balaban J connectivity index is 1.51. The van der Waals surface area contributed by atoms with Crippen LogP contribution >= 0.6 is 0 Å². The summed E-state index contributed by atoms with van der Waals surface area (Å²) in [4.78, 5) is 19.5. The standard InChI is InChI=1S/C22H35N3O2/c1-15(26)23-8-4-5-16(13-23)22-19-11-17(20-6-2-3-9-25(20)22)14-24-10-7-18(27)12-21(19)24/h13,17-22,27H,2-12,14H2,1H3. The zero-order chi connectivity index (χ0) is 18.5. The Morgan fingerprint density at radius 1 is 1.07 bits per heavy atom. The number of carbonyl (C=O) groups is 1. The van der Waals surface area contributed by atoms with E-state index >= 15 is 0 Å². The molecule has 0 aliphatic carbocycles. The lowest BCUT2D eigenvalue weighted by molar-refractivity contribution is -0.127. The van der Waals surface area contributed by atoms with Gasteiger partial charge in [-0.25, -0.2) is 0 Å². The summed E-state index contributed by atoms with van der Waals surface area (Å²) in [6.07, 6.45) is 11.5. The van der Waals surface area contributed by atoms with Gasteiger partial charge < -0.3 is 10.0 Å². The highest BCUT2D eigenvalue weighted by Crippen LogP contribution is 2.48. The molecule has 5 aliphatic rings. The molecule has 1 amide bonds. The van der Waals surface area contributed by atoms with Crippen LogP contribution in [0.2, 0.25) is 0 Å². The lowest BCUT2D eigenvalue weighted by Gasteiger charge is -2.61. The van der Waals surface area contributed by atoms with E-state index in [0.717, 1.165) is 50.7 Å². The molecule has 5 rings (SSSR count). The summed E-state index contributed by atoms with van der Waals surface area (Å²) < 4.78 is 0. The van der Waals surface area contributed by atoms with E-state index in [2.05, 4.69) is 16.0 Å². The van der Waals surface area contributed by atoms with E-state index < -0.39 is 0 Å². The fourth-order valence-corrected chi connectivity index (χ4v) is 7.02. The van der Waals surface area contributed by atoms with Crippen LogP contribution in [0.25, 0.3) is 0 Å². The van der Waals surface area contributed by atoms with Crippen LogP contribution in [0.4, 0.5) is 0 Å². The van der Waals surface area contributed by atoms with Crippen LogP contribution < -0.4 is 0 Å². The van der Waals surface area contributed by atoms with E-state index in [0.29, 0.717) is 18.0 Å². The molecule has 150 valence electrons. The smallest absolute Gasteiger partial charge is 0.223 e. The van der Waals surface area contributed by atoms with Crippen LogP contribution in [0.5, 0.6) is 0 Å². The number of piperidine rings is 4. The van der Waals surface area contributed by atoms with Gasteiger partial charge in [0, 0.05) is 50.9 Å². The molecular formula is C22H35N3O2. The number of nitrogens with zero attached hydrogens (tertiary/aromatic N) is 3. The molecule has 2 bridgehead atoms. The van der Waals surface area contributed by atoms with Crippen LogP contribution in [0.15, 0.2) is 11.8 Å². The lowest BCUT2D eigenvalue weighted by atomic mass is 9.65. The molecule has 5 aliphatic heterocycles. The minimum absolute atomic E-state index is 0.128. The van der Waals surface area contributed by atoms with Crippen molar-refractivity contribution in [2.75, 3.05) is 26.2 Å². The molecule has 0 saturated carbocycles. The zero-order valence-corrected chi connectivity index (χ0v) is 16.7. The van der Waals surface area contributed by atoms with Crippen LogP contribution in [-0.4, -0.2) is 76.1 Å². The first kappa shape index (κ1) is 18.1. The fraction of sp³-hybridized carbons (Fsp3) is 0.864. The second-order valence-electron chi connectivity index (χ2n) is 9.67. The average Bonchev–Trinajstić information content (AvgIpc) is 2.69. The highest BCUT2D eigenvalue weighted by Gasteiger charge is 2.53. The van der Waals surface area contributed by atoms with Crippen molar-refractivity contribution in [3.8, 4) is 0 Å². The highest BCUT2D eigenvalue weighted by molar-refractivity contribution is 5.74. The number of fused-ring (bicyclic) bond motifs is 6. The van der Waals surface area contributed by atoms with Crippen molar-refractivity contribution in [3.05, 3.63) is 11.8 Å². The van der Waals surface area contributed by atoms with E-state index in [4.69, 9.17) is 0 Å². The largest absolute Gasteiger partial charge is 0.393 e. The summed E-state index contributed by atoms with van der Waals surface area (Å²) >= 11 is 0. The van der Waals surface area contributed by atoms with Gasteiger partial charge >= 0.3 is 0 Å². The first-order valence-electron chi connectivity index (χ1n) is 11.3. The Hall–Kier alpha value is -0.910. The topological polar surface area (TPSA) is 47.0 Å². The molecule has 6 unspecified atom stereocenters. The second kappa shape index (κ2) is 7.16. The van der Waals surface area contributed by atoms with Crippen LogP contribution in [-0.2, 0) is 4.79 Å². The Labute approximate surface area is 163 Å². The van der Waals surface area contributed by atoms with Gasteiger partial charge in [-0.1, -0.05) is 6.42 Å². The van der Waals surface area contributed by atoms with Crippen LogP contribution in [0.1, 0.15) is 58.3 Å². The molecule has 0 aromatic rings. The number of carbonyl (C=O) groups excluding carboxylic acids is 1. The summed E-state index contributed by atoms with van der Waals surface area (Å²) in [6, 6.07) is 1.72. The van der Waals surface area contributed by atoms with Crippen molar-refractivity contribution in [1.29, 1.82) is 0 Å². The van der Waals surface area contributed by atoms with E-state index in [1.54, 1.807) is 6.92 Å². The minimum atomic E-state index is -0.128. The monoisotopic (exact) mass is 373 g/mol. The third-order valence-corrected chi connectivity index (χ3v) is 8.14. The first-order valence-corrected chi connectivity index (χ1v) is 11.3. The van der Waals surface area contributed by atoms with Crippen molar-refractivity contribution >= 4 is 5.91 Å². The fourth-order valence-electron chi connectivity index (χ4n) is 7.02. The van der Waals surface area contributed by atoms with Crippen molar-refractivity contribution in [3.63, 3.8) is 0 Å². The average molecular weight is 374 g/mol. The maximum atomic E-state index is 12.0. The predicted molar refractivity (Wildman–Crippen MR) is 105 cm³/mol. The molecule has 0 aromatic heterocycles.